The average molecular weight is 305 g/mol. The van der Waals surface area contributed by atoms with Gasteiger partial charge in [0.2, 0.25) is 10.0 Å². The number of hydrogen-bond donors (Lipinski definition) is 2. The largest absolute Gasteiger partial charge is 0.392 e. The maximum Gasteiger partial charge on any atom is 0.215 e. The van der Waals surface area contributed by atoms with Crippen molar-refractivity contribution in [2.45, 2.75) is 18.8 Å². The van der Waals surface area contributed by atoms with E-state index in [1.165, 1.54) is 0 Å². The van der Waals surface area contributed by atoms with Crippen LogP contribution in [0.1, 0.15) is 16.7 Å². The Kier molecular flexibility index (Phi) is 5.50. The Labute approximate surface area is 125 Å². The molecule has 0 unspecified atom stereocenters. The zero-order valence-electron chi connectivity index (χ0n) is 11.7. The fourth-order valence-electron chi connectivity index (χ4n) is 2.01. The van der Waals surface area contributed by atoms with Gasteiger partial charge < -0.3 is 5.11 Å². The number of benzene rings is 2. The molecule has 0 aromatic heterocycles. The minimum atomic E-state index is -3.31. The summed E-state index contributed by atoms with van der Waals surface area (Å²) in [5.41, 5.74) is 2.66. The molecule has 2 aromatic rings. The van der Waals surface area contributed by atoms with Crippen LogP contribution in [0.5, 0.6) is 0 Å². The van der Waals surface area contributed by atoms with Gasteiger partial charge in [-0.3, -0.25) is 0 Å². The molecule has 0 saturated carbocycles. The molecule has 0 heterocycles. The number of nitrogens with one attached hydrogen (secondary N) is 1. The summed E-state index contributed by atoms with van der Waals surface area (Å²) < 4.78 is 26.5. The smallest absolute Gasteiger partial charge is 0.215 e. The first-order valence-electron chi connectivity index (χ1n) is 6.79. The Morgan fingerprint density at radius 3 is 2.10 bits per heavy atom. The average Bonchev–Trinajstić information content (AvgIpc) is 2.48. The van der Waals surface area contributed by atoms with Gasteiger partial charge in [0.15, 0.2) is 0 Å². The van der Waals surface area contributed by atoms with Crippen LogP contribution in [0.4, 0.5) is 0 Å². The second kappa shape index (κ2) is 7.36. The molecule has 0 bridgehead atoms. The van der Waals surface area contributed by atoms with Gasteiger partial charge in [-0.2, -0.15) is 0 Å². The number of hydrogen-bond acceptors (Lipinski definition) is 3. The first kappa shape index (κ1) is 15.7. The van der Waals surface area contributed by atoms with Crippen molar-refractivity contribution in [2.75, 3.05) is 6.54 Å². The highest BCUT2D eigenvalue weighted by Gasteiger charge is 2.10. The van der Waals surface area contributed by atoms with Gasteiger partial charge >= 0.3 is 0 Å². The Morgan fingerprint density at radius 1 is 0.857 bits per heavy atom. The maximum atomic E-state index is 11.9. The highest BCUT2D eigenvalue weighted by molar-refractivity contribution is 7.88. The molecular formula is C16H19NO3S. The molecule has 0 atom stereocenters. The van der Waals surface area contributed by atoms with Crippen molar-refractivity contribution in [2.24, 2.45) is 0 Å². The fraction of sp³-hybridized carbons (Fsp3) is 0.250. The van der Waals surface area contributed by atoms with Crippen molar-refractivity contribution in [3.05, 3.63) is 71.3 Å². The van der Waals surface area contributed by atoms with E-state index in [0.29, 0.717) is 13.0 Å². The highest BCUT2D eigenvalue weighted by Crippen LogP contribution is 2.06. The van der Waals surface area contributed by atoms with Crippen molar-refractivity contribution in [1.29, 1.82) is 0 Å². The lowest BCUT2D eigenvalue weighted by Gasteiger charge is -2.07. The highest BCUT2D eigenvalue weighted by atomic mass is 32.2. The van der Waals surface area contributed by atoms with E-state index in [4.69, 9.17) is 5.11 Å². The monoisotopic (exact) mass is 305 g/mol. The van der Waals surface area contributed by atoms with Crippen LogP contribution in [-0.2, 0) is 28.8 Å². The second-order valence-electron chi connectivity index (χ2n) is 4.86. The lowest BCUT2D eigenvalue weighted by Crippen LogP contribution is -2.27. The molecule has 5 heteroatoms. The number of sulfonamides is 1. The summed E-state index contributed by atoms with van der Waals surface area (Å²) in [4.78, 5) is 0. The molecule has 0 aliphatic heterocycles. The standard InChI is InChI=1S/C16H19NO3S/c18-12-15-8-6-14(7-9-15)10-11-17-21(19,20)13-16-4-2-1-3-5-16/h1-9,17-18H,10-13H2. The molecule has 0 aliphatic rings. The summed E-state index contributed by atoms with van der Waals surface area (Å²) in [5.74, 6) is -0.00269. The van der Waals surface area contributed by atoms with Crippen molar-refractivity contribution in [3.63, 3.8) is 0 Å². The summed E-state index contributed by atoms with van der Waals surface area (Å²) >= 11 is 0. The Bertz CT molecular complexity index is 652. The van der Waals surface area contributed by atoms with Crippen LogP contribution in [0, 0.1) is 0 Å². The molecule has 0 aliphatic carbocycles. The minimum Gasteiger partial charge on any atom is -0.392 e. The van der Waals surface area contributed by atoms with Gasteiger partial charge in [0, 0.05) is 6.54 Å². The van der Waals surface area contributed by atoms with Crippen molar-refractivity contribution >= 4 is 10.0 Å². The van der Waals surface area contributed by atoms with E-state index in [0.717, 1.165) is 16.7 Å². The van der Waals surface area contributed by atoms with E-state index in [-0.39, 0.29) is 12.4 Å². The van der Waals surface area contributed by atoms with Crippen LogP contribution in [0.15, 0.2) is 54.6 Å². The summed E-state index contributed by atoms with van der Waals surface area (Å²) in [7, 11) is -3.31. The summed E-state index contributed by atoms with van der Waals surface area (Å²) in [5, 5.41) is 8.96. The van der Waals surface area contributed by atoms with E-state index in [1.54, 1.807) is 12.1 Å². The molecule has 0 radical (unpaired) electrons. The first-order valence-corrected chi connectivity index (χ1v) is 8.44. The third kappa shape index (κ3) is 5.30. The van der Waals surface area contributed by atoms with E-state index >= 15 is 0 Å². The molecule has 0 amide bonds. The Balaban J connectivity index is 1.84. The Hall–Kier alpha value is -1.69. The number of rotatable bonds is 7. The summed E-state index contributed by atoms with van der Waals surface area (Å²) in [6.07, 6.45) is 0.625. The number of aliphatic hydroxyl groups excluding tert-OH is 1. The molecule has 0 fully saturated rings. The maximum absolute atomic E-state index is 11.9. The second-order valence-corrected chi connectivity index (χ2v) is 6.67. The van der Waals surface area contributed by atoms with Crippen molar-refractivity contribution < 1.29 is 13.5 Å². The normalized spacial score (nSPS) is 11.5. The first-order chi connectivity index (χ1) is 10.1. The van der Waals surface area contributed by atoms with E-state index < -0.39 is 10.0 Å². The minimum absolute atomic E-state index is 0.00269. The Morgan fingerprint density at radius 2 is 1.48 bits per heavy atom. The van der Waals surface area contributed by atoms with Crippen molar-refractivity contribution in [3.8, 4) is 0 Å². The van der Waals surface area contributed by atoms with Gasteiger partial charge in [0.1, 0.15) is 0 Å². The molecule has 0 saturated heterocycles. The zero-order chi connectivity index (χ0) is 15.1. The molecular weight excluding hydrogens is 286 g/mol. The molecule has 0 spiro atoms. The quantitative estimate of drug-likeness (QED) is 0.820. The van der Waals surface area contributed by atoms with Gasteiger partial charge in [-0.25, -0.2) is 13.1 Å². The summed E-state index contributed by atoms with van der Waals surface area (Å²) in [6.45, 7) is 0.387. The molecule has 112 valence electrons. The molecule has 21 heavy (non-hydrogen) atoms. The third-order valence-electron chi connectivity index (χ3n) is 3.14. The third-order valence-corrected chi connectivity index (χ3v) is 4.50. The zero-order valence-corrected chi connectivity index (χ0v) is 12.5. The van der Waals surface area contributed by atoms with Gasteiger partial charge in [0.05, 0.1) is 12.4 Å². The predicted octanol–water partition coefficient (Wildman–Crippen LogP) is 1.84. The molecule has 2 N–H and O–H groups in total. The topological polar surface area (TPSA) is 66.4 Å². The van der Waals surface area contributed by atoms with Crippen molar-refractivity contribution in [1.82, 2.24) is 4.72 Å². The number of aliphatic hydroxyl groups is 1. The van der Waals surface area contributed by atoms with Gasteiger partial charge in [-0.15, -0.1) is 0 Å². The predicted molar refractivity (Wildman–Crippen MR) is 83.1 cm³/mol. The van der Waals surface area contributed by atoms with E-state index in [9.17, 15) is 8.42 Å². The summed E-state index contributed by atoms with van der Waals surface area (Å²) in [6, 6.07) is 16.6. The van der Waals surface area contributed by atoms with Crippen LogP contribution in [0.25, 0.3) is 0 Å². The molecule has 4 nitrogen and oxygen atoms in total. The van der Waals surface area contributed by atoms with Gasteiger partial charge in [0.25, 0.3) is 0 Å². The van der Waals surface area contributed by atoms with Crippen LogP contribution in [0.3, 0.4) is 0 Å². The fourth-order valence-corrected chi connectivity index (χ4v) is 3.15. The van der Waals surface area contributed by atoms with E-state index in [2.05, 4.69) is 4.72 Å². The lowest BCUT2D eigenvalue weighted by atomic mass is 10.1. The van der Waals surface area contributed by atoms with Crippen LogP contribution in [0.2, 0.25) is 0 Å². The SMILES string of the molecule is O=S(=O)(Cc1ccccc1)NCCc1ccc(CO)cc1. The van der Waals surface area contributed by atoms with Crippen LogP contribution >= 0.6 is 0 Å². The van der Waals surface area contributed by atoms with Gasteiger partial charge in [-0.1, -0.05) is 54.6 Å². The van der Waals surface area contributed by atoms with E-state index in [1.807, 2.05) is 42.5 Å². The van der Waals surface area contributed by atoms with Gasteiger partial charge in [-0.05, 0) is 23.1 Å². The van der Waals surface area contributed by atoms with Crippen LogP contribution in [-0.4, -0.2) is 20.1 Å². The lowest BCUT2D eigenvalue weighted by molar-refractivity contribution is 0.282. The molecule has 2 rings (SSSR count). The van der Waals surface area contributed by atoms with Crippen LogP contribution < -0.4 is 4.72 Å². The molecule has 2 aromatic carbocycles.